The monoisotopic (exact) mass is 184 g/mol. The Morgan fingerprint density at radius 1 is 1.23 bits per heavy atom. The van der Waals surface area contributed by atoms with Crippen LogP contribution in [0.25, 0.3) is 0 Å². The summed E-state index contributed by atoms with van der Waals surface area (Å²) in [6.45, 7) is 5.78. The molecule has 0 unspecified atom stereocenters. The number of benzene rings is 1. The van der Waals surface area contributed by atoms with Crippen molar-refractivity contribution < 1.29 is 8.78 Å². The maximum Gasteiger partial charge on any atom is 0.162 e. The summed E-state index contributed by atoms with van der Waals surface area (Å²) in [6.07, 6.45) is 0.785. The standard InChI is InChI=1S/C11H14F2/c1-4-11(2,3)8-6-5-7-9(12)10(8)13/h5-7H,4H2,1-3H3. The fourth-order valence-electron chi connectivity index (χ4n) is 1.22. The van der Waals surface area contributed by atoms with Gasteiger partial charge in [0.05, 0.1) is 0 Å². The molecule has 0 aliphatic rings. The average molecular weight is 184 g/mol. The predicted molar refractivity (Wildman–Crippen MR) is 49.7 cm³/mol. The molecule has 0 bridgehead atoms. The highest BCUT2D eigenvalue weighted by Crippen LogP contribution is 2.29. The Morgan fingerprint density at radius 2 is 1.85 bits per heavy atom. The predicted octanol–water partition coefficient (Wildman–Crippen LogP) is 3.65. The van der Waals surface area contributed by atoms with Gasteiger partial charge in [-0.2, -0.15) is 0 Å². The van der Waals surface area contributed by atoms with E-state index in [-0.39, 0.29) is 5.41 Å². The van der Waals surface area contributed by atoms with Crippen LogP contribution in [0.4, 0.5) is 8.78 Å². The van der Waals surface area contributed by atoms with Gasteiger partial charge in [-0.25, -0.2) is 8.78 Å². The summed E-state index contributed by atoms with van der Waals surface area (Å²) in [5, 5.41) is 0. The Labute approximate surface area is 77.6 Å². The van der Waals surface area contributed by atoms with Gasteiger partial charge in [-0.15, -0.1) is 0 Å². The van der Waals surface area contributed by atoms with E-state index in [1.165, 1.54) is 0 Å². The van der Waals surface area contributed by atoms with Crippen LogP contribution < -0.4 is 0 Å². The van der Waals surface area contributed by atoms with E-state index in [1.807, 2.05) is 20.8 Å². The van der Waals surface area contributed by atoms with Crippen LogP contribution in [0.3, 0.4) is 0 Å². The molecule has 13 heavy (non-hydrogen) atoms. The lowest BCUT2D eigenvalue weighted by Gasteiger charge is -2.23. The summed E-state index contributed by atoms with van der Waals surface area (Å²) in [6, 6.07) is 4.33. The molecule has 72 valence electrons. The normalized spacial score (nSPS) is 11.8. The second-order valence-electron chi connectivity index (χ2n) is 3.84. The van der Waals surface area contributed by atoms with Crippen molar-refractivity contribution in [2.24, 2.45) is 0 Å². The van der Waals surface area contributed by atoms with Crippen molar-refractivity contribution >= 4 is 0 Å². The summed E-state index contributed by atoms with van der Waals surface area (Å²) in [7, 11) is 0. The van der Waals surface area contributed by atoms with E-state index in [0.29, 0.717) is 5.56 Å². The third-order valence-corrected chi connectivity index (χ3v) is 2.56. The molecule has 1 rings (SSSR count). The fraction of sp³-hybridized carbons (Fsp3) is 0.455. The molecule has 0 radical (unpaired) electrons. The van der Waals surface area contributed by atoms with Crippen molar-refractivity contribution in [3.05, 3.63) is 35.4 Å². The van der Waals surface area contributed by atoms with Gasteiger partial charge >= 0.3 is 0 Å². The van der Waals surface area contributed by atoms with Crippen molar-refractivity contribution in [1.82, 2.24) is 0 Å². The molecular weight excluding hydrogens is 170 g/mol. The molecular formula is C11H14F2. The molecule has 0 spiro atoms. The molecule has 0 atom stereocenters. The molecule has 0 amide bonds. The van der Waals surface area contributed by atoms with Crippen LogP contribution in [0.2, 0.25) is 0 Å². The highest BCUT2D eigenvalue weighted by atomic mass is 19.2. The van der Waals surface area contributed by atoms with Crippen LogP contribution >= 0.6 is 0 Å². The minimum atomic E-state index is -0.765. The van der Waals surface area contributed by atoms with Crippen LogP contribution in [0.15, 0.2) is 18.2 Å². The van der Waals surface area contributed by atoms with Crippen LogP contribution in [0, 0.1) is 11.6 Å². The first-order valence-electron chi connectivity index (χ1n) is 4.43. The van der Waals surface area contributed by atoms with Gasteiger partial charge in [-0.3, -0.25) is 0 Å². The van der Waals surface area contributed by atoms with Crippen molar-refractivity contribution in [2.45, 2.75) is 32.6 Å². The van der Waals surface area contributed by atoms with Crippen LogP contribution in [-0.2, 0) is 5.41 Å². The summed E-state index contributed by atoms with van der Waals surface area (Å²) < 4.78 is 26.2. The summed E-state index contributed by atoms with van der Waals surface area (Å²) >= 11 is 0. The number of hydrogen-bond donors (Lipinski definition) is 0. The van der Waals surface area contributed by atoms with Crippen molar-refractivity contribution in [2.75, 3.05) is 0 Å². The van der Waals surface area contributed by atoms with Gasteiger partial charge in [0.1, 0.15) is 0 Å². The molecule has 0 nitrogen and oxygen atoms in total. The van der Waals surface area contributed by atoms with Gasteiger partial charge in [0.15, 0.2) is 11.6 Å². The van der Waals surface area contributed by atoms with E-state index in [4.69, 9.17) is 0 Å². The summed E-state index contributed by atoms with van der Waals surface area (Å²) in [5.74, 6) is -1.48. The van der Waals surface area contributed by atoms with Crippen LogP contribution in [0.1, 0.15) is 32.8 Å². The topological polar surface area (TPSA) is 0 Å². The van der Waals surface area contributed by atoms with E-state index < -0.39 is 11.6 Å². The second-order valence-corrected chi connectivity index (χ2v) is 3.84. The first kappa shape index (κ1) is 10.2. The fourth-order valence-corrected chi connectivity index (χ4v) is 1.22. The largest absolute Gasteiger partial charge is 0.204 e. The first-order chi connectivity index (χ1) is 5.99. The van der Waals surface area contributed by atoms with E-state index in [2.05, 4.69) is 0 Å². The van der Waals surface area contributed by atoms with Crippen molar-refractivity contribution in [1.29, 1.82) is 0 Å². The van der Waals surface area contributed by atoms with E-state index >= 15 is 0 Å². The SMILES string of the molecule is CCC(C)(C)c1cccc(F)c1F. The molecule has 0 aromatic heterocycles. The molecule has 0 saturated carbocycles. The smallest absolute Gasteiger partial charge is 0.162 e. The molecule has 0 aliphatic heterocycles. The minimum absolute atomic E-state index is 0.299. The third kappa shape index (κ3) is 1.87. The molecule has 1 aromatic carbocycles. The highest BCUT2D eigenvalue weighted by molar-refractivity contribution is 5.26. The molecule has 0 heterocycles. The Bertz CT molecular complexity index is 303. The van der Waals surface area contributed by atoms with Gasteiger partial charge in [0.2, 0.25) is 0 Å². The molecule has 0 N–H and O–H groups in total. The zero-order valence-electron chi connectivity index (χ0n) is 8.20. The Hall–Kier alpha value is -0.920. The first-order valence-corrected chi connectivity index (χ1v) is 4.43. The second kappa shape index (κ2) is 3.44. The lowest BCUT2D eigenvalue weighted by molar-refractivity contribution is 0.437. The zero-order chi connectivity index (χ0) is 10.1. The lowest BCUT2D eigenvalue weighted by atomic mass is 9.82. The number of halogens is 2. The summed E-state index contributed by atoms with van der Waals surface area (Å²) in [5.41, 5.74) is 0.154. The number of rotatable bonds is 2. The Morgan fingerprint density at radius 3 is 2.38 bits per heavy atom. The van der Waals surface area contributed by atoms with E-state index in [9.17, 15) is 8.78 Å². The van der Waals surface area contributed by atoms with E-state index in [0.717, 1.165) is 12.5 Å². The van der Waals surface area contributed by atoms with Crippen LogP contribution in [0.5, 0.6) is 0 Å². The molecule has 0 saturated heterocycles. The van der Waals surface area contributed by atoms with Crippen LogP contribution in [-0.4, -0.2) is 0 Å². The van der Waals surface area contributed by atoms with Crippen molar-refractivity contribution in [3.63, 3.8) is 0 Å². The van der Waals surface area contributed by atoms with Gasteiger partial charge < -0.3 is 0 Å². The Kier molecular flexibility index (Phi) is 2.69. The third-order valence-electron chi connectivity index (χ3n) is 2.56. The average Bonchev–Trinajstić information content (AvgIpc) is 2.09. The molecule has 1 aromatic rings. The quantitative estimate of drug-likeness (QED) is 0.658. The van der Waals surface area contributed by atoms with Gasteiger partial charge in [0.25, 0.3) is 0 Å². The molecule has 2 heteroatoms. The maximum atomic E-state index is 13.3. The zero-order valence-corrected chi connectivity index (χ0v) is 8.20. The van der Waals surface area contributed by atoms with Gasteiger partial charge in [0, 0.05) is 0 Å². The summed E-state index contributed by atoms with van der Waals surface area (Å²) in [4.78, 5) is 0. The maximum absolute atomic E-state index is 13.3. The number of hydrogen-bond acceptors (Lipinski definition) is 0. The van der Waals surface area contributed by atoms with E-state index in [1.54, 1.807) is 12.1 Å². The highest BCUT2D eigenvalue weighted by Gasteiger charge is 2.23. The molecule has 0 fully saturated rings. The van der Waals surface area contributed by atoms with Gasteiger partial charge in [-0.05, 0) is 23.5 Å². The molecule has 0 aliphatic carbocycles. The Balaban J connectivity index is 3.22. The lowest BCUT2D eigenvalue weighted by Crippen LogP contribution is -2.18. The van der Waals surface area contributed by atoms with Gasteiger partial charge in [-0.1, -0.05) is 32.9 Å². The van der Waals surface area contributed by atoms with Crippen molar-refractivity contribution in [3.8, 4) is 0 Å². The minimum Gasteiger partial charge on any atom is -0.204 e.